The molecular weight excluding hydrogens is 549 g/mol. The minimum absolute atomic E-state index is 0.117. The van der Waals surface area contributed by atoms with Gasteiger partial charge in [0.1, 0.15) is 0 Å². The highest BCUT2D eigenvalue weighted by atomic mass is 127. The van der Waals surface area contributed by atoms with Crippen LogP contribution in [0.15, 0.2) is 41.6 Å². The molecule has 10 heteroatoms. The third-order valence-corrected chi connectivity index (χ3v) is 6.52. The van der Waals surface area contributed by atoms with Crippen molar-refractivity contribution in [2.75, 3.05) is 11.1 Å². The number of nitrogens with one attached hydrogen (secondary N) is 2. The molecule has 1 aromatic heterocycles. The topological polar surface area (TPSA) is 88.9 Å². The molecule has 0 aliphatic carbocycles. The van der Waals surface area contributed by atoms with Crippen molar-refractivity contribution in [3.63, 3.8) is 0 Å². The molecule has 0 spiro atoms. The van der Waals surface area contributed by atoms with Gasteiger partial charge in [-0.1, -0.05) is 35.5 Å². The van der Waals surface area contributed by atoms with Crippen LogP contribution in [-0.2, 0) is 18.4 Å². The maximum Gasteiger partial charge on any atom is 0.253 e. The predicted octanol–water partition coefficient (Wildman–Crippen LogP) is 4.35. The van der Waals surface area contributed by atoms with E-state index in [1.54, 1.807) is 35.9 Å². The molecule has 2 N–H and O–H groups in total. The van der Waals surface area contributed by atoms with Crippen LogP contribution in [0.25, 0.3) is 0 Å². The second-order valence-electron chi connectivity index (χ2n) is 6.87. The standard InChI is InChI=1S/C21H21ClIN5O2S/c1-12-8-14(23)9-13(2)19(12)25-18(29)11-31-21-27-26-17(28(21)3)10-24-20(30)15-6-4-5-7-16(15)22/h4-9H,10-11H2,1-3H3,(H,24,30)(H,25,29). The number of nitrogens with zero attached hydrogens (tertiary/aromatic N) is 3. The first-order valence-corrected chi connectivity index (χ1v) is 11.8. The number of carbonyl (C=O) groups is 2. The average molecular weight is 570 g/mol. The highest BCUT2D eigenvalue weighted by Gasteiger charge is 2.15. The van der Waals surface area contributed by atoms with Crippen LogP contribution in [0.2, 0.25) is 5.02 Å². The fourth-order valence-electron chi connectivity index (χ4n) is 2.94. The molecule has 0 saturated heterocycles. The molecule has 0 radical (unpaired) electrons. The van der Waals surface area contributed by atoms with E-state index in [1.807, 2.05) is 26.0 Å². The number of hydrogen-bond donors (Lipinski definition) is 2. The molecule has 2 aromatic carbocycles. The Balaban J connectivity index is 1.56. The Bertz CT molecular complexity index is 1110. The number of halogens is 2. The molecule has 3 rings (SSSR count). The van der Waals surface area contributed by atoms with Gasteiger partial charge in [-0.2, -0.15) is 0 Å². The zero-order valence-corrected chi connectivity index (χ0v) is 20.9. The maximum atomic E-state index is 12.4. The molecule has 0 atom stereocenters. The Hall–Kier alpha value is -2.11. The van der Waals surface area contributed by atoms with Gasteiger partial charge in [0.25, 0.3) is 5.91 Å². The summed E-state index contributed by atoms with van der Waals surface area (Å²) >= 11 is 9.60. The molecule has 0 saturated carbocycles. The van der Waals surface area contributed by atoms with Gasteiger partial charge in [-0.3, -0.25) is 9.59 Å². The van der Waals surface area contributed by atoms with Crippen LogP contribution in [0.5, 0.6) is 0 Å². The lowest BCUT2D eigenvalue weighted by Crippen LogP contribution is -2.24. The van der Waals surface area contributed by atoms with E-state index in [9.17, 15) is 9.59 Å². The monoisotopic (exact) mass is 569 g/mol. The summed E-state index contributed by atoms with van der Waals surface area (Å²) in [6, 6.07) is 10.9. The normalized spacial score (nSPS) is 10.7. The van der Waals surface area contributed by atoms with Crippen molar-refractivity contribution in [1.29, 1.82) is 0 Å². The molecule has 0 unspecified atom stereocenters. The van der Waals surface area contributed by atoms with Crippen molar-refractivity contribution < 1.29 is 9.59 Å². The maximum absolute atomic E-state index is 12.4. The minimum Gasteiger partial charge on any atom is -0.345 e. The molecule has 0 aliphatic rings. The smallest absolute Gasteiger partial charge is 0.253 e. The molecule has 2 amide bonds. The Morgan fingerprint density at radius 1 is 1.16 bits per heavy atom. The Morgan fingerprint density at radius 2 is 1.84 bits per heavy atom. The molecule has 7 nitrogen and oxygen atoms in total. The van der Waals surface area contributed by atoms with Crippen LogP contribution in [0.4, 0.5) is 5.69 Å². The zero-order valence-electron chi connectivity index (χ0n) is 17.2. The van der Waals surface area contributed by atoms with E-state index in [0.717, 1.165) is 20.4 Å². The molecule has 0 fully saturated rings. The van der Waals surface area contributed by atoms with Gasteiger partial charge >= 0.3 is 0 Å². The Kier molecular flexibility index (Phi) is 7.95. The van der Waals surface area contributed by atoms with Crippen molar-refractivity contribution in [2.24, 2.45) is 7.05 Å². The SMILES string of the molecule is Cc1cc(I)cc(C)c1NC(=O)CSc1nnc(CNC(=O)c2ccccc2Cl)n1C. The summed E-state index contributed by atoms with van der Waals surface area (Å²) in [4.78, 5) is 24.7. The summed E-state index contributed by atoms with van der Waals surface area (Å²) in [6.07, 6.45) is 0. The lowest BCUT2D eigenvalue weighted by atomic mass is 10.1. The summed E-state index contributed by atoms with van der Waals surface area (Å²) in [5.41, 5.74) is 3.29. The van der Waals surface area contributed by atoms with E-state index in [1.165, 1.54) is 11.8 Å². The van der Waals surface area contributed by atoms with Gasteiger partial charge in [-0.05, 0) is 71.8 Å². The first kappa shape index (κ1) is 23.6. The highest BCUT2D eigenvalue weighted by molar-refractivity contribution is 14.1. The van der Waals surface area contributed by atoms with E-state index in [0.29, 0.717) is 21.6 Å². The first-order valence-electron chi connectivity index (χ1n) is 9.36. The van der Waals surface area contributed by atoms with E-state index in [-0.39, 0.29) is 24.1 Å². The van der Waals surface area contributed by atoms with Crippen LogP contribution in [0.1, 0.15) is 27.3 Å². The minimum atomic E-state index is -0.287. The lowest BCUT2D eigenvalue weighted by Gasteiger charge is -2.12. The molecule has 1 heterocycles. The number of aromatic nitrogens is 3. The van der Waals surface area contributed by atoms with Gasteiger partial charge in [-0.25, -0.2) is 0 Å². The quantitative estimate of drug-likeness (QED) is 0.326. The third-order valence-electron chi connectivity index (χ3n) is 4.54. The molecule has 31 heavy (non-hydrogen) atoms. The molecule has 162 valence electrons. The van der Waals surface area contributed by atoms with Crippen molar-refractivity contribution in [3.8, 4) is 0 Å². The summed E-state index contributed by atoms with van der Waals surface area (Å²) in [7, 11) is 1.80. The number of amides is 2. The zero-order chi connectivity index (χ0) is 22.5. The van der Waals surface area contributed by atoms with E-state index in [2.05, 4.69) is 43.4 Å². The van der Waals surface area contributed by atoms with Crippen LogP contribution < -0.4 is 10.6 Å². The fraction of sp³-hybridized carbons (Fsp3) is 0.238. The molecule has 0 aliphatic heterocycles. The summed E-state index contributed by atoms with van der Waals surface area (Å²) in [6.45, 7) is 4.15. The van der Waals surface area contributed by atoms with Crippen LogP contribution in [-0.4, -0.2) is 32.3 Å². The predicted molar refractivity (Wildman–Crippen MR) is 132 cm³/mol. The Labute approximate surface area is 203 Å². The summed E-state index contributed by atoms with van der Waals surface area (Å²) in [5, 5.41) is 15.0. The number of hydrogen-bond acceptors (Lipinski definition) is 5. The first-order chi connectivity index (χ1) is 14.8. The summed E-state index contributed by atoms with van der Waals surface area (Å²) in [5.74, 6) is 0.370. The second kappa shape index (κ2) is 10.5. The largest absolute Gasteiger partial charge is 0.345 e. The fourth-order valence-corrected chi connectivity index (χ4v) is 4.82. The third kappa shape index (κ3) is 5.98. The van der Waals surface area contributed by atoms with E-state index >= 15 is 0 Å². The number of anilines is 1. The molecule has 0 bridgehead atoms. The van der Waals surface area contributed by atoms with Crippen LogP contribution >= 0.6 is 46.0 Å². The van der Waals surface area contributed by atoms with Gasteiger partial charge in [0, 0.05) is 16.3 Å². The lowest BCUT2D eigenvalue weighted by molar-refractivity contribution is -0.113. The molecular formula is C21H21ClIN5O2S. The number of benzene rings is 2. The van der Waals surface area contributed by atoms with Crippen molar-refractivity contribution in [2.45, 2.75) is 25.5 Å². The van der Waals surface area contributed by atoms with Crippen LogP contribution in [0, 0.1) is 17.4 Å². The second-order valence-corrected chi connectivity index (χ2v) is 9.47. The van der Waals surface area contributed by atoms with Gasteiger partial charge < -0.3 is 15.2 Å². The van der Waals surface area contributed by atoms with Gasteiger partial charge in [0.05, 0.1) is 22.9 Å². The number of rotatable bonds is 7. The van der Waals surface area contributed by atoms with Crippen molar-refractivity contribution in [1.82, 2.24) is 20.1 Å². The van der Waals surface area contributed by atoms with E-state index in [4.69, 9.17) is 11.6 Å². The van der Waals surface area contributed by atoms with E-state index < -0.39 is 0 Å². The summed E-state index contributed by atoms with van der Waals surface area (Å²) < 4.78 is 2.89. The van der Waals surface area contributed by atoms with Gasteiger partial charge in [-0.15, -0.1) is 10.2 Å². The molecule has 3 aromatic rings. The van der Waals surface area contributed by atoms with Crippen LogP contribution in [0.3, 0.4) is 0 Å². The van der Waals surface area contributed by atoms with Crippen molar-refractivity contribution >= 4 is 63.5 Å². The number of carbonyl (C=O) groups excluding carboxylic acids is 2. The van der Waals surface area contributed by atoms with Crippen molar-refractivity contribution in [3.05, 3.63) is 67.5 Å². The highest BCUT2D eigenvalue weighted by Crippen LogP contribution is 2.24. The average Bonchev–Trinajstić information content (AvgIpc) is 3.07. The van der Waals surface area contributed by atoms with Gasteiger partial charge in [0.15, 0.2) is 11.0 Å². The number of thioether (sulfide) groups is 1. The van der Waals surface area contributed by atoms with Gasteiger partial charge in [0.2, 0.25) is 5.91 Å². The number of aryl methyl sites for hydroxylation is 2. The Morgan fingerprint density at radius 3 is 2.52 bits per heavy atom.